The number of aliphatic hydroxyl groups is 1. The van der Waals surface area contributed by atoms with Gasteiger partial charge in [-0.1, -0.05) is 58.8 Å². The zero-order valence-corrected chi connectivity index (χ0v) is 18.5. The van der Waals surface area contributed by atoms with E-state index < -0.39 is 0 Å². The van der Waals surface area contributed by atoms with E-state index in [2.05, 4.69) is 13.8 Å². The minimum absolute atomic E-state index is 0.0484. The van der Waals surface area contributed by atoms with Crippen molar-refractivity contribution in [2.24, 2.45) is 5.92 Å². The zero-order chi connectivity index (χ0) is 20.5. The summed E-state index contributed by atoms with van der Waals surface area (Å²) in [5, 5.41) is 8.54. The Hall–Kier alpha value is -0.240. The van der Waals surface area contributed by atoms with Crippen LogP contribution in [0.15, 0.2) is 0 Å². The molecule has 0 aromatic heterocycles. The van der Waals surface area contributed by atoms with Gasteiger partial charge in [-0.3, -0.25) is 0 Å². The molecule has 1 atom stereocenters. The first-order valence-corrected chi connectivity index (χ1v) is 11.3. The van der Waals surface area contributed by atoms with Gasteiger partial charge in [0.05, 0.1) is 66.1 Å². The summed E-state index contributed by atoms with van der Waals surface area (Å²) in [6.45, 7) is 10.5. The second-order valence-electron chi connectivity index (χ2n) is 7.24. The first-order chi connectivity index (χ1) is 13.8. The van der Waals surface area contributed by atoms with Crippen molar-refractivity contribution in [2.75, 3.05) is 72.7 Å². The highest BCUT2D eigenvalue weighted by molar-refractivity contribution is 4.54. The molecule has 1 N–H and O–H groups in total. The van der Waals surface area contributed by atoms with E-state index in [1.807, 2.05) is 0 Å². The molecule has 0 fully saturated rings. The van der Waals surface area contributed by atoms with Crippen LogP contribution in [0.1, 0.15) is 65.2 Å². The molecule has 6 nitrogen and oxygen atoms in total. The lowest BCUT2D eigenvalue weighted by atomic mass is 9.97. The lowest BCUT2D eigenvalue weighted by Gasteiger charge is -2.10. The molecule has 0 saturated carbocycles. The van der Waals surface area contributed by atoms with E-state index in [4.69, 9.17) is 28.8 Å². The average Bonchev–Trinajstić information content (AvgIpc) is 2.70. The quantitative estimate of drug-likeness (QED) is 0.246. The van der Waals surface area contributed by atoms with Crippen molar-refractivity contribution in [1.29, 1.82) is 0 Å². The van der Waals surface area contributed by atoms with E-state index in [1.54, 1.807) is 0 Å². The molecule has 0 aliphatic heterocycles. The molecule has 170 valence electrons. The van der Waals surface area contributed by atoms with Gasteiger partial charge in [0.1, 0.15) is 0 Å². The minimum atomic E-state index is 0.0484. The number of aliphatic hydroxyl groups excluding tert-OH is 1. The molecule has 0 aliphatic rings. The van der Waals surface area contributed by atoms with Crippen molar-refractivity contribution in [2.45, 2.75) is 65.2 Å². The van der Waals surface area contributed by atoms with E-state index in [9.17, 15) is 0 Å². The second-order valence-corrected chi connectivity index (χ2v) is 7.24. The molecule has 0 amide bonds. The van der Waals surface area contributed by atoms with E-state index >= 15 is 0 Å². The monoisotopic (exact) mass is 406 g/mol. The summed E-state index contributed by atoms with van der Waals surface area (Å²) >= 11 is 0. The highest BCUT2D eigenvalue weighted by Crippen LogP contribution is 2.16. The summed E-state index contributed by atoms with van der Waals surface area (Å²) in [6.07, 6.45) is 10.6. The fraction of sp³-hybridized carbons (Fsp3) is 1.00. The minimum Gasteiger partial charge on any atom is -0.394 e. The normalized spacial score (nSPS) is 12.5. The third-order valence-electron chi connectivity index (χ3n) is 4.51. The number of hydrogen-bond donors (Lipinski definition) is 1. The Labute approximate surface area is 173 Å². The summed E-state index contributed by atoms with van der Waals surface area (Å²) in [4.78, 5) is 0. The Kier molecular flexibility index (Phi) is 24.6. The molecule has 0 aromatic carbocycles. The molecule has 0 bridgehead atoms. The number of rotatable bonds is 24. The van der Waals surface area contributed by atoms with E-state index in [0.717, 1.165) is 18.9 Å². The number of ether oxygens (including phenoxy) is 5. The Morgan fingerprint density at radius 1 is 0.536 bits per heavy atom. The van der Waals surface area contributed by atoms with Crippen molar-refractivity contribution in [1.82, 2.24) is 0 Å². The highest BCUT2D eigenvalue weighted by atomic mass is 16.6. The van der Waals surface area contributed by atoms with E-state index in [1.165, 1.54) is 44.9 Å². The van der Waals surface area contributed by atoms with Gasteiger partial charge in [-0.05, 0) is 12.3 Å². The first-order valence-electron chi connectivity index (χ1n) is 11.3. The SMILES string of the molecule is CCCCC(C)CCCCCCOCCOCCOCCOCCOCCO. The van der Waals surface area contributed by atoms with Crippen molar-refractivity contribution in [3.63, 3.8) is 0 Å². The van der Waals surface area contributed by atoms with Crippen molar-refractivity contribution >= 4 is 0 Å². The fourth-order valence-electron chi connectivity index (χ4n) is 2.79. The summed E-state index contributed by atoms with van der Waals surface area (Å²) in [6, 6.07) is 0. The van der Waals surface area contributed by atoms with Crippen molar-refractivity contribution < 1.29 is 28.8 Å². The van der Waals surface area contributed by atoms with Gasteiger partial charge in [0.2, 0.25) is 0 Å². The predicted octanol–water partition coefficient (Wildman–Crippen LogP) is 3.84. The fourth-order valence-corrected chi connectivity index (χ4v) is 2.79. The molecule has 0 spiro atoms. The Balaban J connectivity index is 3.03. The average molecular weight is 407 g/mol. The second kappa shape index (κ2) is 24.8. The summed E-state index contributed by atoms with van der Waals surface area (Å²) in [7, 11) is 0. The maximum atomic E-state index is 8.54. The smallest absolute Gasteiger partial charge is 0.0701 e. The maximum Gasteiger partial charge on any atom is 0.0701 e. The predicted molar refractivity (Wildman–Crippen MR) is 113 cm³/mol. The third-order valence-corrected chi connectivity index (χ3v) is 4.51. The molecule has 1 unspecified atom stereocenters. The van der Waals surface area contributed by atoms with Crippen LogP contribution >= 0.6 is 0 Å². The molecule has 6 heteroatoms. The van der Waals surface area contributed by atoms with Crippen LogP contribution in [-0.4, -0.2) is 77.8 Å². The zero-order valence-electron chi connectivity index (χ0n) is 18.5. The van der Waals surface area contributed by atoms with Crippen LogP contribution in [0.3, 0.4) is 0 Å². The van der Waals surface area contributed by atoms with Crippen LogP contribution in [-0.2, 0) is 23.7 Å². The van der Waals surface area contributed by atoms with Crippen LogP contribution < -0.4 is 0 Å². The Bertz CT molecular complexity index is 278. The van der Waals surface area contributed by atoms with Crippen LogP contribution in [0.25, 0.3) is 0 Å². The van der Waals surface area contributed by atoms with Crippen LogP contribution in [0, 0.1) is 5.92 Å². The summed E-state index contributed by atoms with van der Waals surface area (Å²) < 4.78 is 26.9. The summed E-state index contributed by atoms with van der Waals surface area (Å²) in [5.41, 5.74) is 0. The largest absolute Gasteiger partial charge is 0.394 e. The van der Waals surface area contributed by atoms with Gasteiger partial charge in [-0.15, -0.1) is 0 Å². The topological polar surface area (TPSA) is 66.4 Å². The van der Waals surface area contributed by atoms with Gasteiger partial charge in [0, 0.05) is 6.61 Å². The third kappa shape index (κ3) is 23.8. The standard InChI is InChI=1S/C22H46O6/c1-3-4-9-22(2)10-7-5-6-8-12-24-14-16-26-18-20-28-21-19-27-17-15-25-13-11-23/h22-23H,3-21H2,1-2H3. The van der Waals surface area contributed by atoms with Crippen LogP contribution in [0.4, 0.5) is 0 Å². The molecular weight excluding hydrogens is 360 g/mol. The lowest BCUT2D eigenvalue weighted by Crippen LogP contribution is -2.13. The van der Waals surface area contributed by atoms with Gasteiger partial charge < -0.3 is 28.8 Å². The van der Waals surface area contributed by atoms with E-state index in [0.29, 0.717) is 59.5 Å². The van der Waals surface area contributed by atoms with Crippen LogP contribution in [0.2, 0.25) is 0 Å². The van der Waals surface area contributed by atoms with Gasteiger partial charge >= 0.3 is 0 Å². The van der Waals surface area contributed by atoms with Gasteiger partial charge in [0.15, 0.2) is 0 Å². The lowest BCUT2D eigenvalue weighted by molar-refractivity contribution is -0.0134. The molecule has 0 aromatic rings. The number of unbranched alkanes of at least 4 members (excludes halogenated alkanes) is 4. The van der Waals surface area contributed by atoms with Crippen molar-refractivity contribution in [3.05, 3.63) is 0 Å². The number of hydrogen-bond acceptors (Lipinski definition) is 6. The molecule has 0 rings (SSSR count). The molecule has 0 saturated heterocycles. The first kappa shape index (κ1) is 27.8. The van der Waals surface area contributed by atoms with E-state index in [-0.39, 0.29) is 6.61 Å². The van der Waals surface area contributed by atoms with Crippen LogP contribution in [0.5, 0.6) is 0 Å². The van der Waals surface area contributed by atoms with Gasteiger partial charge in [-0.2, -0.15) is 0 Å². The summed E-state index contributed by atoms with van der Waals surface area (Å²) in [5.74, 6) is 0.891. The van der Waals surface area contributed by atoms with Crippen molar-refractivity contribution in [3.8, 4) is 0 Å². The maximum absolute atomic E-state index is 8.54. The molecular formula is C22H46O6. The Morgan fingerprint density at radius 3 is 1.46 bits per heavy atom. The molecule has 28 heavy (non-hydrogen) atoms. The van der Waals surface area contributed by atoms with Gasteiger partial charge in [-0.25, -0.2) is 0 Å². The molecule has 0 radical (unpaired) electrons. The molecule has 0 heterocycles. The van der Waals surface area contributed by atoms with Gasteiger partial charge in [0.25, 0.3) is 0 Å². The Morgan fingerprint density at radius 2 is 0.964 bits per heavy atom. The molecule has 0 aliphatic carbocycles. The highest BCUT2D eigenvalue weighted by Gasteiger charge is 2.01.